The standard InChI is InChI=1S/C21H29N7O3/c29-19(16-6-4-15(5-7-16)13-22-14-18-23-11-12-24-18)28-17(20(30)31)3-1-8-25-21-26-9-2-10-27-21/h4-7,11-12,17,22H,1-3,8-10,13-14H2,(H,23,24)(H,28,29)(H,30,31)(H2,25,26,27)/t17-/m0/s1. The van der Waals surface area contributed by atoms with Crippen LogP contribution >= 0.6 is 0 Å². The minimum Gasteiger partial charge on any atom is -0.480 e. The molecular weight excluding hydrogens is 398 g/mol. The Morgan fingerprint density at radius 1 is 1.19 bits per heavy atom. The van der Waals surface area contributed by atoms with Gasteiger partial charge in [0.15, 0.2) is 5.96 Å². The molecule has 3 rings (SSSR count). The summed E-state index contributed by atoms with van der Waals surface area (Å²) >= 11 is 0. The number of aliphatic imine (C=N–C) groups is 1. The van der Waals surface area contributed by atoms with Gasteiger partial charge in [0.1, 0.15) is 11.9 Å². The van der Waals surface area contributed by atoms with Crippen LogP contribution in [0.15, 0.2) is 41.7 Å². The van der Waals surface area contributed by atoms with Gasteiger partial charge in [-0.25, -0.2) is 9.78 Å². The van der Waals surface area contributed by atoms with Gasteiger partial charge >= 0.3 is 5.97 Å². The third kappa shape index (κ3) is 7.41. The lowest BCUT2D eigenvalue weighted by Gasteiger charge is -2.17. The van der Waals surface area contributed by atoms with Crippen LogP contribution in [0.1, 0.15) is 41.0 Å². The van der Waals surface area contributed by atoms with Crippen molar-refractivity contribution in [2.45, 2.75) is 38.4 Å². The molecule has 0 saturated heterocycles. The maximum absolute atomic E-state index is 12.5. The maximum Gasteiger partial charge on any atom is 0.326 e. The Balaban J connectivity index is 1.41. The molecule has 0 radical (unpaired) electrons. The van der Waals surface area contributed by atoms with E-state index in [4.69, 9.17) is 0 Å². The number of aromatic nitrogens is 2. The van der Waals surface area contributed by atoms with Gasteiger partial charge < -0.3 is 31.4 Å². The van der Waals surface area contributed by atoms with Gasteiger partial charge in [-0.3, -0.25) is 9.79 Å². The van der Waals surface area contributed by atoms with Crippen LogP contribution in [0.25, 0.3) is 0 Å². The maximum atomic E-state index is 12.5. The van der Waals surface area contributed by atoms with Crippen LogP contribution < -0.4 is 21.3 Å². The van der Waals surface area contributed by atoms with Crippen LogP contribution in [0.4, 0.5) is 0 Å². The van der Waals surface area contributed by atoms with Gasteiger partial charge in [-0.2, -0.15) is 0 Å². The fraction of sp³-hybridized carbons (Fsp3) is 0.429. The fourth-order valence-corrected chi connectivity index (χ4v) is 3.16. The number of imidazole rings is 1. The van der Waals surface area contributed by atoms with Crippen LogP contribution in [-0.4, -0.2) is 58.6 Å². The molecule has 2 aromatic rings. The summed E-state index contributed by atoms with van der Waals surface area (Å²) in [6, 6.07) is 6.16. The number of nitrogens with one attached hydrogen (secondary N) is 5. The summed E-state index contributed by atoms with van der Waals surface area (Å²) in [4.78, 5) is 35.5. The van der Waals surface area contributed by atoms with Crippen LogP contribution in [0.2, 0.25) is 0 Å². The molecule has 0 unspecified atom stereocenters. The summed E-state index contributed by atoms with van der Waals surface area (Å²) < 4.78 is 0. The molecule has 10 heteroatoms. The summed E-state index contributed by atoms with van der Waals surface area (Å²) in [6.07, 6.45) is 5.41. The molecule has 0 fully saturated rings. The molecule has 10 nitrogen and oxygen atoms in total. The van der Waals surface area contributed by atoms with Crippen molar-refractivity contribution in [3.63, 3.8) is 0 Å². The quantitative estimate of drug-likeness (QED) is 0.288. The first-order valence-corrected chi connectivity index (χ1v) is 10.5. The van der Waals surface area contributed by atoms with Crippen molar-refractivity contribution in [1.82, 2.24) is 31.2 Å². The molecule has 31 heavy (non-hydrogen) atoms. The second-order valence-corrected chi connectivity index (χ2v) is 7.28. The van der Waals surface area contributed by atoms with Gasteiger partial charge in [0.2, 0.25) is 0 Å². The summed E-state index contributed by atoms with van der Waals surface area (Å²) in [5.74, 6) is 0.170. The van der Waals surface area contributed by atoms with Crippen molar-refractivity contribution in [3.8, 4) is 0 Å². The minimum absolute atomic E-state index is 0.330. The van der Waals surface area contributed by atoms with E-state index in [1.54, 1.807) is 24.5 Å². The number of benzene rings is 1. The molecule has 1 aliphatic heterocycles. The highest BCUT2D eigenvalue weighted by Gasteiger charge is 2.20. The molecular formula is C21H29N7O3. The van der Waals surface area contributed by atoms with E-state index in [0.717, 1.165) is 36.9 Å². The van der Waals surface area contributed by atoms with Gasteiger partial charge in [-0.1, -0.05) is 12.1 Å². The topological polar surface area (TPSA) is 144 Å². The molecule has 1 aliphatic rings. The molecule has 0 saturated carbocycles. The van der Waals surface area contributed by atoms with Crippen LogP contribution in [0, 0.1) is 0 Å². The van der Waals surface area contributed by atoms with Crippen molar-refractivity contribution < 1.29 is 14.7 Å². The Morgan fingerprint density at radius 3 is 2.71 bits per heavy atom. The van der Waals surface area contributed by atoms with Crippen LogP contribution in [0.5, 0.6) is 0 Å². The molecule has 1 amide bonds. The zero-order chi connectivity index (χ0) is 21.9. The van der Waals surface area contributed by atoms with Gasteiger partial charge in [0.25, 0.3) is 5.91 Å². The number of carbonyl (C=O) groups excluding carboxylic acids is 1. The fourth-order valence-electron chi connectivity index (χ4n) is 3.16. The number of carbonyl (C=O) groups is 2. The molecule has 166 valence electrons. The minimum atomic E-state index is -1.04. The van der Waals surface area contributed by atoms with Crippen LogP contribution in [0.3, 0.4) is 0 Å². The Morgan fingerprint density at radius 2 is 2.03 bits per heavy atom. The van der Waals surface area contributed by atoms with Crippen molar-refractivity contribution >= 4 is 17.8 Å². The number of hydrogen-bond donors (Lipinski definition) is 6. The highest BCUT2D eigenvalue weighted by Crippen LogP contribution is 2.07. The first-order valence-electron chi connectivity index (χ1n) is 10.5. The number of carboxylic acids is 1. The Bertz CT molecular complexity index is 866. The summed E-state index contributed by atoms with van der Waals surface area (Å²) in [6.45, 7) is 3.52. The monoisotopic (exact) mass is 427 g/mol. The van der Waals surface area contributed by atoms with Crippen molar-refractivity contribution in [1.29, 1.82) is 0 Å². The molecule has 1 atom stereocenters. The zero-order valence-corrected chi connectivity index (χ0v) is 17.4. The number of aromatic amines is 1. The molecule has 0 spiro atoms. The van der Waals surface area contributed by atoms with Gasteiger partial charge in [-0.05, 0) is 37.0 Å². The number of nitrogens with zero attached hydrogens (tertiary/aromatic N) is 2. The normalized spacial score (nSPS) is 14.3. The molecule has 1 aromatic carbocycles. The number of hydrogen-bond acceptors (Lipinski definition) is 7. The van der Waals surface area contributed by atoms with Crippen molar-refractivity contribution in [3.05, 3.63) is 53.6 Å². The van der Waals surface area contributed by atoms with Gasteiger partial charge in [-0.15, -0.1) is 0 Å². The first-order chi connectivity index (χ1) is 15.1. The number of aliphatic carboxylic acids is 1. The summed E-state index contributed by atoms with van der Waals surface area (Å²) in [7, 11) is 0. The zero-order valence-electron chi connectivity index (χ0n) is 17.4. The van der Waals surface area contributed by atoms with E-state index in [2.05, 4.69) is 36.2 Å². The van der Waals surface area contributed by atoms with E-state index in [0.29, 0.717) is 38.0 Å². The first kappa shape index (κ1) is 22.3. The summed E-state index contributed by atoms with van der Waals surface area (Å²) in [5.41, 5.74) is 1.45. The van der Waals surface area contributed by atoms with E-state index in [9.17, 15) is 14.7 Å². The van der Waals surface area contributed by atoms with Crippen molar-refractivity contribution in [2.24, 2.45) is 4.99 Å². The number of H-pyrrole nitrogens is 1. The average Bonchev–Trinajstić information content (AvgIpc) is 3.30. The van der Waals surface area contributed by atoms with E-state index in [-0.39, 0.29) is 0 Å². The summed E-state index contributed by atoms with van der Waals surface area (Å²) in [5, 5.41) is 21.6. The molecule has 6 N–H and O–H groups in total. The van der Waals surface area contributed by atoms with Gasteiger partial charge in [0, 0.05) is 44.1 Å². The Labute approximate surface area is 181 Å². The van der Waals surface area contributed by atoms with Crippen molar-refractivity contribution in [2.75, 3.05) is 19.6 Å². The predicted octanol–water partition coefficient (Wildman–Crippen LogP) is 0.602. The lowest BCUT2D eigenvalue weighted by atomic mass is 10.1. The van der Waals surface area contributed by atoms with Crippen LogP contribution in [-0.2, 0) is 17.9 Å². The number of guanidine groups is 1. The third-order valence-electron chi connectivity index (χ3n) is 4.86. The second kappa shape index (κ2) is 11.7. The number of rotatable bonds is 11. The van der Waals surface area contributed by atoms with E-state index in [1.807, 2.05) is 12.1 Å². The largest absolute Gasteiger partial charge is 0.480 e. The molecule has 0 bridgehead atoms. The lowest BCUT2D eigenvalue weighted by molar-refractivity contribution is -0.139. The molecule has 1 aromatic heterocycles. The van der Waals surface area contributed by atoms with E-state index in [1.165, 1.54) is 0 Å². The smallest absolute Gasteiger partial charge is 0.326 e. The Kier molecular flexibility index (Phi) is 8.41. The lowest BCUT2D eigenvalue weighted by Crippen LogP contribution is -2.43. The number of carboxylic acid groups (broad SMARTS) is 1. The van der Waals surface area contributed by atoms with E-state index < -0.39 is 17.9 Å². The third-order valence-corrected chi connectivity index (χ3v) is 4.86. The number of amides is 1. The average molecular weight is 428 g/mol. The van der Waals surface area contributed by atoms with Gasteiger partial charge in [0.05, 0.1) is 6.54 Å². The molecule has 2 heterocycles. The molecule has 0 aliphatic carbocycles. The predicted molar refractivity (Wildman–Crippen MR) is 117 cm³/mol. The highest BCUT2D eigenvalue weighted by atomic mass is 16.4. The second-order valence-electron chi connectivity index (χ2n) is 7.28. The highest BCUT2D eigenvalue weighted by molar-refractivity contribution is 5.96. The van der Waals surface area contributed by atoms with E-state index >= 15 is 0 Å². The Hall–Kier alpha value is -3.40. The SMILES string of the molecule is O=C(N[C@@H](CCCNC1=NCCCN1)C(=O)O)c1ccc(CNCc2ncc[nH]2)cc1.